The summed E-state index contributed by atoms with van der Waals surface area (Å²) in [5, 5.41) is 6.75. The molecule has 1 aromatic carbocycles. The molecule has 1 fully saturated rings. The Morgan fingerprint density at radius 1 is 1.00 bits per heavy atom. The molecule has 1 saturated heterocycles. The van der Waals surface area contributed by atoms with Gasteiger partial charge >= 0.3 is 0 Å². The Labute approximate surface area is 124 Å². The summed E-state index contributed by atoms with van der Waals surface area (Å²) in [6.45, 7) is 6.15. The number of thiophene rings is 1. The molecule has 1 aromatic heterocycles. The number of nitrogens with zero attached hydrogens (tertiary/aromatic N) is 3. The van der Waals surface area contributed by atoms with Gasteiger partial charge in [0.1, 0.15) is 0 Å². The Balaban J connectivity index is 1.55. The molecule has 3 nitrogen and oxygen atoms in total. The molecular formula is C16H19N3S. The number of benzene rings is 1. The maximum absolute atomic E-state index is 4.59. The first-order valence-corrected chi connectivity index (χ1v) is 7.78. The van der Waals surface area contributed by atoms with Crippen molar-refractivity contribution in [2.24, 2.45) is 5.10 Å². The van der Waals surface area contributed by atoms with Gasteiger partial charge in [-0.05, 0) is 31.2 Å². The number of hydrogen-bond acceptors (Lipinski definition) is 4. The number of aryl methyl sites for hydroxylation is 1. The molecule has 0 atom stereocenters. The standard InChI is InChI=1S/C16H19N3S/c1-14-7-8-16(20-14)13-17-19-11-9-18(10-12-19)15-5-3-2-4-6-15/h2-8,13H,9-12H2,1H3. The minimum Gasteiger partial charge on any atom is -0.368 e. The van der Waals surface area contributed by atoms with Crippen molar-refractivity contribution in [2.45, 2.75) is 6.92 Å². The minimum absolute atomic E-state index is 0.982. The number of hydrogen-bond donors (Lipinski definition) is 0. The van der Waals surface area contributed by atoms with Gasteiger partial charge in [-0.25, -0.2) is 0 Å². The summed E-state index contributed by atoms with van der Waals surface area (Å²) >= 11 is 1.79. The van der Waals surface area contributed by atoms with Gasteiger partial charge in [0.2, 0.25) is 0 Å². The highest BCUT2D eigenvalue weighted by Gasteiger charge is 2.15. The summed E-state index contributed by atoms with van der Waals surface area (Å²) in [5.41, 5.74) is 1.31. The molecule has 0 saturated carbocycles. The van der Waals surface area contributed by atoms with Crippen molar-refractivity contribution in [1.82, 2.24) is 5.01 Å². The fraction of sp³-hybridized carbons (Fsp3) is 0.312. The van der Waals surface area contributed by atoms with E-state index in [4.69, 9.17) is 0 Å². The predicted octanol–water partition coefficient (Wildman–Crippen LogP) is 3.21. The number of para-hydroxylation sites is 1. The molecule has 2 heterocycles. The molecule has 0 spiro atoms. The molecule has 1 aliphatic rings. The number of rotatable bonds is 3. The Morgan fingerprint density at radius 3 is 2.40 bits per heavy atom. The number of piperazine rings is 1. The van der Waals surface area contributed by atoms with Crippen molar-refractivity contribution < 1.29 is 0 Å². The average Bonchev–Trinajstić information content (AvgIpc) is 2.92. The molecule has 104 valence electrons. The van der Waals surface area contributed by atoms with Crippen molar-refractivity contribution in [3.63, 3.8) is 0 Å². The summed E-state index contributed by atoms with van der Waals surface area (Å²) in [5.74, 6) is 0. The lowest BCUT2D eigenvalue weighted by Gasteiger charge is -2.34. The van der Waals surface area contributed by atoms with Gasteiger partial charge in [0.15, 0.2) is 0 Å². The largest absolute Gasteiger partial charge is 0.368 e. The smallest absolute Gasteiger partial charge is 0.0642 e. The lowest BCUT2D eigenvalue weighted by molar-refractivity contribution is 0.272. The van der Waals surface area contributed by atoms with E-state index in [0.717, 1.165) is 26.2 Å². The topological polar surface area (TPSA) is 18.8 Å². The van der Waals surface area contributed by atoms with E-state index in [-0.39, 0.29) is 0 Å². The summed E-state index contributed by atoms with van der Waals surface area (Å²) in [7, 11) is 0. The molecule has 4 heteroatoms. The highest BCUT2D eigenvalue weighted by molar-refractivity contribution is 7.13. The second-order valence-electron chi connectivity index (χ2n) is 4.97. The van der Waals surface area contributed by atoms with Crippen LogP contribution < -0.4 is 4.90 Å². The van der Waals surface area contributed by atoms with Crippen LogP contribution in [0, 0.1) is 6.92 Å². The molecule has 0 unspecified atom stereocenters. The van der Waals surface area contributed by atoms with Gasteiger partial charge in [0.25, 0.3) is 0 Å². The average molecular weight is 285 g/mol. The van der Waals surface area contributed by atoms with Crippen molar-refractivity contribution in [2.75, 3.05) is 31.1 Å². The molecule has 0 aliphatic carbocycles. The third-order valence-electron chi connectivity index (χ3n) is 3.49. The zero-order valence-corrected chi connectivity index (χ0v) is 12.5. The van der Waals surface area contributed by atoms with E-state index in [0.29, 0.717) is 0 Å². The third-order valence-corrected chi connectivity index (χ3v) is 4.42. The van der Waals surface area contributed by atoms with E-state index in [1.807, 2.05) is 6.21 Å². The predicted molar refractivity (Wildman–Crippen MR) is 86.9 cm³/mol. The zero-order valence-electron chi connectivity index (χ0n) is 11.7. The van der Waals surface area contributed by atoms with Gasteiger partial charge in [0, 0.05) is 28.5 Å². The maximum Gasteiger partial charge on any atom is 0.0642 e. The van der Waals surface area contributed by atoms with Crippen molar-refractivity contribution in [1.29, 1.82) is 0 Å². The fourth-order valence-electron chi connectivity index (χ4n) is 2.37. The van der Waals surface area contributed by atoms with Crippen molar-refractivity contribution in [3.05, 3.63) is 52.2 Å². The first-order valence-electron chi connectivity index (χ1n) is 6.97. The Kier molecular flexibility index (Phi) is 4.02. The molecule has 0 amide bonds. The van der Waals surface area contributed by atoms with Crippen LogP contribution in [0.25, 0.3) is 0 Å². The van der Waals surface area contributed by atoms with Crippen LogP contribution in [-0.2, 0) is 0 Å². The van der Waals surface area contributed by atoms with E-state index in [1.54, 1.807) is 11.3 Å². The van der Waals surface area contributed by atoms with Crippen LogP contribution in [-0.4, -0.2) is 37.4 Å². The second kappa shape index (κ2) is 6.09. The molecule has 2 aromatic rings. The van der Waals surface area contributed by atoms with Gasteiger partial charge in [0.05, 0.1) is 19.3 Å². The number of anilines is 1. The molecule has 1 aliphatic heterocycles. The van der Waals surface area contributed by atoms with E-state index < -0.39 is 0 Å². The van der Waals surface area contributed by atoms with Crippen LogP contribution in [0.4, 0.5) is 5.69 Å². The van der Waals surface area contributed by atoms with E-state index in [9.17, 15) is 0 Å². The molecule has 0 radical (unpaired) electrons. The quantitative estimate of drug-likeness (QED) is 0.806. The van der Waals surface area contributed by atoms with Gasteiger partial charge < -0.3 is 4.90 Å². The lowest BCUT2D eigenvalue weighted by Crippen LogP contribution is -2.44. The maximum atomic E-state index is 4.59. The molecule has 0 bridgehead atoms. The van der Waals surface area contributed by atoms with Crippen LogP contribution >= 0.6 is 11.3 Å². The van der Waals surface area contributed by atoms with Crippen molar-refractivity contribution >= 4 is 23.2 Å². The van der Waals surface area contributed by atoms with Crippen molar-refractivity contribution in [3.8, 4) is 0 Å². The zero-order chi connectivity index (χ0) is 13.8. The molecule has 20 heavy (non-hydrogen) atoms. The third kappa shape index (κ3) is 3.20. The fourth-order valence-corrected chi connectivity index (χ4v) is 3.11. The van der Waals surface area contributed by atoms with Gasteiger partial charge in [-0.2, -0.15) is 5.10 Å². The van der Waals surface area contributed by atoms with Crippen LogP contribution in [0.5, 0.6) is 0 Å². The Hall–Kier alpha value is -1.81. The van der Waals surface area contributed by atoms with Crippen LogP contribution in [0.2, 0.25) is 0 Å². The SMILES string of the molecule is Cc1ccc(C=NN2CCN(c3ccccc3)CC2)s1. The highest BCUT2D eigenvalue weighted by Crippen LogP contribution is 2.16. The van der Waals surface area contributed by atoms with E-state index >= 15 is 0 Å². The summed E-state index contributed by atoms with van der Waals surface area (Å²) in [6.07, 6.45) is 1.98. The lowest BCUT2D eigenvalue weighted by atomic mass is 10.2. The summed E-state index contributed by atoms with van der Waals surface area (Å²) in [6, 6.07) is 14.9. The minimum atomic E-state index is 0.982. The first-order chi connectivity index (χ1) is 9.81. The van der Waals surface area contributed by atoms with Gasteiger partial charge in [-0.15, -0.1) is 11.3 Å². The monoisotopic (exact) mass is 285 g/mol. The van der Waals surface area contributed by atoms with Crippen LogP contribution in [0.15, 0.2) is 47.6 Å². The molecular weight excluding hydrogens is 266 g/mol. The van der Waals surface area contributed by atoms with Crippen LogP contribution in [0.3, 0.4) is 0 Å². The Morgan fingerprint density at radius 2 is 1.75 bits per heavy atom. The molecule has 3 rings (SSSR count). The number of hydrazone groups is 1. The van der Waals surface area contributed by atoms with Gasteiger partial charge in [-0.1, -0.05) is 18.2 Å². The van der Waals surface area contributed by atoms with E-state index in [2.05, 4.69) is 64.4 Å². The summed E-state index contributed by atoms with van der Waals surface area (Å²) in [4.78, 5) is 4.98. The van der Waals surface area contributed by atoms with E-state index in [1.165, 1.54) is 15.4 Å². The Bertz CT molecular complexity index is 568. The normalized spacial score (nSPS) is 16.1. The second-order valence-corrected chi connectivity index (χ2v) is 6.29. The van der Waals surface area contributed by atoms with Crippen LogP contribution in [0.1, 0.15) is 9.75 Å². The first kappa shape index (κ1) is 13.2. The molecule has 0 N–H and O–H groups in total. The highest BCUT2D eigenvalue weighted by atomic mass is 32.1. The van der Waals surface area contributed by atoms with Gasteiger partial charge in [-0.3, -0.25) is 5.01 Å². The summed E-state index contributed by atoms with van der Waals surface area (Å²) < 4.78 is 0.